The summed E-state index contributed by atoms with van der Waals surface area (Å²) in [4.78, 5) is 50.7. The average Bonchev–Trinajstić information content (AvgIpc) is 3.48. The molecule has 1 aliphatic rings. The van der Waals surface area contributed by atoms with E-state index in [1.165, 1.54) is 0 Å². The van der Waals surface area contributed by atoms with Crippen molar-refractivity contribution < 1.29 is 32.6 Å². The van der Waals surface area contributed by atoms with E-state index in [4.69, 9.17) is 21.1 Å². The number of thiazole rings is 1. The second kappa shape index (κ2) is 13.1. The molecule has 2 amide bonds. The molecule has 2 atom stereocenters. The molecule has 1 aliphatic heterocycles. The molecule has 0 bridgehead atoms. The van der Waals surface area contributed by atoms with Crippen LogP contribution in [0.1, 0.15) is 63.7 Å². The number of hydrogen-bond donors (Lipinski definition) is 3. The number of amides is 2. The minimum Gasteiger partial charge on any atom is -0.462 e. The number of hydrogen-bond acceptors (Lipinski definition) is 9. The standard InChI is InChI=1S/C22H29ClF2N6O5S/c1-4-11-17(23)30-18(27-11)20(33)28-12-7-8-31(10-13(12)35-5-2)22-29-15(19(32)26-9-14(24)25)16(37-22)21(34)36-6-3/h12-14H,4-10H2,1-3H3,(H,26,32)(H,27,30)(H,28,33)/t12-,13+/m1/s1. The number of alkyl halides is 2. The highest BCUT2D eigenvalue weighted by molar-refractivity contribution is 7.17. The normalized spacial score (nSPS) is 17.6. The second-order valence-corrected chi connectivity index (χ2v) is 9.35. The smallest absolute Gasteiger partial charge is 0.350 e. The summed E-state index contributed by atoms with van der Waals surface area (Å²) < 4.78 is 36.1. The summed E-state index contributed by atoms with van der Waals surface area (Å²) in [7, 11) is 0. The highest BCUT2D eigenvalue weighted by Crippen LogP contribution is 2.30. The number of aryl methyl sites for hydroxylation is 1. The van der Waals surface area contributed by atoms with Gasteiger partial charge in [-0.3, -0.25) is 9.59 Å². The van der Waals surface area contributed by atoms with Crippen LogP contribution >= 0.6 is 22.9 Å². The molecule has 0 aromatic carbocycles. The van der Waals surface area contributed by atoms with E-state index in [-0.39, 0.29) is 34.2 Å². The Morgan fingerprint density at radius 1 is 1.22 bits per heavy atom. The first kappa shape index (κ1) is 28.7. The maximum atomic E-state index is 12.8. The molecule has 37 heavy (non-hydrogen) atoms. The predicted molar refractivity (Wildman–Crippen MR) is 133 cm³/mol. The van der Waals surface area contributed by atoms with Crippen molar-refractivity contribution in [1.82, 2.24) is 25.6 Å². The highest BCUT2D eigenvalue weighted by Gasteiger charge is 2.35. The van der Waals surface area contributed by atoms with Gasteiger partial charge in [0.05, 0.1) is 31.0 Å². The van der Waals surface area contributed by atoms with Crippen molar-refractivity contribution in [3.05, 3.63) is 27.2 Å². The number of aromatic nitrogens is 3. The van der Waals surface area contributed by atoms with Crippen molar-refractivity contribution in [2.24, 2.45) is 0 Å². The van der Waals surface area contributed by atoms with Gasteiger partial charge in [-0.05, 0) is 26.7 Å². The number of esters is 1. The summed E-state index contributed by atoms with van der Waals surface area (Å²) in [5.41, 5.74) is 0.390. The zero-order valence-corrected chi connectivity index (χ0v) is 22.2. The molecule has 1 fully saturated rings. The van der Waals surface area contributed by atoms with Crippen LogP contribution in [0.3, 0.4) is 0 Å². The SMILES string of the molecule is CCOC(=O)c1sc(N2CC[C@@H](NC(=O)c3nc(Cl)c(CC)[nH]3)[C@@H](OCC)C2)nc1C(=O)NCC(F)F. The molecule has 0 radical (unpaired) electrons. The molecule has 3 heterocycles. The van der Waals surface area contributed by atoms with E-state index in [0.29, 0.717) is 43.4 Å². The third kappa shape index (κ3) is 7.14. The molecule has 0 spiro atoms. The highest BCUT2D eigenvalue weighted by atomic mass is 35.5. The molecular weight excluding hydrogens is 534 g/mol. The largest absolute Gasteiger partial charge is 0.462 e. The summed E-state index contributed by atoms with van der Waals surface area (Å²) in [6, 6.07) is -0.351. The fraction of sp³-hybridized carbons (Fsp3) is 0.591. The van der Waals surface area contributed by atoms with Crippen LogP contribution in [0.4, 0.5) is 13.9 Å². The van der Waals surface area contributed by atoms with Gasteiger partial charge >= 0.3 is 5.97 Å². The molecule has 3 rings (SSSR count). The lowest BCUT2D eigenvalue weighted by Gasteiger charge is -2.38. The number of nitrogens with one attached hydrogen (secondary N) is 3. The number of nitrogens with zero attached hydrogens (tertiary/aromatic N) is 3. The molecule has 2 aromatic rings. The maximum Gasteiger partial charge on any atom is 0.350 e. The molecule has 0 unspecified atom stereocenters. The van der Waals surface area contributed by atoms with Gasteiger partial charge in [0, 0.05) is 19.7 Å². The van der Waals surface area contributed by atoms with E-state index >= 15 is 0 Å². The van der Waals surface area contributed by atoms with Crippen LogP contribution in [-0.4, -0.2) is 84.2 Å². The van der Waals surface area contributed by atoms with Gasteiger partial charge in [-0.1, -0.05) is 29.9 Å². The lowest BCUT2D eigenvalue weighted by molar-refractivity contribution is 0.0271. The number of carbonyl (C=O) groups excluding carboxylic acids is 3. The number of aromatic amines is 1. The van der Waals surface area contributed by atoms with Crippen LogP contribution in [0.15, 0.2) is 0 Å². The zero-order chi connectivity index (χ0) is 27.1. The molecule has 1 saturated heterocycles. The quantitative estimate of drug-likeness (QED) is 0.355. The van der Waals surface area contributed by atoms with Crippen molar-refractivity contribution in [3.63, 3.8) is 0 Å². The van der Waals surface area contributed by atoms with E-state index in [0.717, 1.165) is 11.3 Å². The Hall–Kier alpha value is -2.84. The molecule has 15 heteroatoms. The number of halogens is 3. The van der Waals surface area contributed by atoms with E-state index in [2.05, 4.69) is 25.6 Å². The number of H-pyrrole nitrogens is 1. The van der Waals surface area contributed by atoms with Crippen molar-refractivity contribution in [2.45, 2.75) is 52.2 Å². The van der Waals surface area contributed by atoms with E-state index in [1.807, 2.05) is 18.7 Å². The fourth-order valence-corrected chi connectivity index (χ4v) is 5.05. The Labute approximate surface area is 221 Å². The molecule has 2 aromatic heterocycles. The number of rotatable bonds is 11. The Balaban J connectivity index is 1.77. The number of ether oxygens (including phenoxy) is 2. The van der Waals surface area contributed by atoms with Crippen molar-refractivity contribution in [1.29, 1.82) is 0 Å². The molecule has 0 saturated carbocycles. The summed E-state index contributed by atoms with van der Waals surface area (Å²) in [5.74, 6) is -1.96. The third-order valence-electron chi connectivity index (χ3n) is 5.53. The van der Waals surface area contributed by atoms with E-state index in [9.17, 15) is 23.2 Å². The lowest BCUT2D eigenvalue weighted by atomic mass is 10.0. The van der Waals surface area contributed by atoms with E-state index < -0.39 is 36.9 Å². The first-order valence-corrected chi connectivity index (χ1v) is 13.0. The van der Waals surface area contributed by atoms with Gasteiger partial charge < -0.3 is 30.0 Å². The summed E-state index contributed by atoms with van der Waals surface area (Å²) >= 11 is 6.99. The summed E-state index contributed by atoms with van der Waals surface area (Å²) in [6.45, 7) is 5.63. The minimum absolute atomic E-state index is 0.0717. The maximum absolute atomic E-state index is 12.8. The van der Waals surface area contributed by atoms with Gasteiger partial charge in [-0.2, -0.15) is 0 Å². The van der Waals surface area contributed by atoms with Crippen LogP contribution in [0.2, 0.25) is 5.15 Å². The van der Waals surface area contributed by atoms with Crippen molar-refractivity contribution in [2.75, 3.05) is 37.7 Å². The molecule has 3 N–H and O–H groups in total. The molecular formula is C22H29ClF2N6O5S. The lowest BCUT2D eigenvalue weighted by Crippen LogP contribution is -2.55. The van der Waals surface area contributed by atoms with Gasteiger partial charge in [0.1, 0.15) is 4.88 Å². The van der Waals surface area contributed by atoms with Gasteiger partial charge in [0.2, 0.25) is 0 Å². The Morgan fingerprint density at radius 3 is 2.59 bits per heavy atom. The number of carbonyl (C=O) groups is 3. The average molecular weight is 563 g/mol. The Bertz CT molecular complexity index is 1110. The van der Waals surface area contributed by atoms with Gasteiger partial charge in [0.15, 0.2) is 21.8 Å². The monoisotopic (exact) mass is 562 g/mol. The Kier molecular flexibility index (Phi) is 10.2. The van der Waals surface area contributed by atoms with Gasteiger partial charge in [-0.25, -0.2) is 23.5 Å². The fourth-order valence-electron chi connectivity index (χ4n) is 3.79. The van der Waals surface area contributed by atoms with Crippen LogP contribution in [0.5, 0.6) is 0 Å². The third-order valence-corrected chi connectivity index (χ3v) is 6.94. The summed E-state index contributed by atoms with van der Waals surface area (Å²) in [6.07, 6.45) is -2.12. The van der Waals surface area contributed by atoms with Crippen LogP contribution < -0.4 is 15.5 Å². The topological polar surface area (TPSA) is 139 Å². The summed E-state index contributed by atoms with van der Waals surface area (Å²) in [5, 5.41) is 5.59. The van der Waals surface area contributed by atoms with Crippen LogP contribution in [-0.2, 0) is 15.9 Å². The zero-order valence-electron chi connectivity index (χ0n) is 20.6. The predicted octanol–water partition coefficient (Wildman–Crippen LogP) is 2.67. The van der Waals surface area contributed by atoms with Crippen LogP contribution in [0, 0.1) is 0 Å². The van der Waals surface area contributed by atoms with Gasteiger partial charge in [0.25, 0.3) is 18.2 Å². The van der Waals surface area contributed by atoms with Crippen molar-refractivity contribution >= 4 is 45.9 Å². The number of imidazole rings is 1. The van der Waals surface area contributed by atoms with Gasteiger partial charge in [-0.15, -0.1) is 0 Å². The van der Waals surface area contributed by atoms with Crippen molar-refractivity contribution in [3.8, 4) is 0 Å². The molecule has 204 valence electrons. The second-order valence-electron chi connectivity index (χ2n) is 8.01. The van der Waals surface area contributed by atoms with Crippen LogP contribution in [0.25, 0.3) is 0 Å². The molecule has 11 nitrogen and oxygen atoms in total. The number of anilines is 1. The first-order chi connectivity index (χ1) is 17.7. The van der Waals surface area contributed by atoms with E-state index in [1.54, 1.807) is 6.92 Å². The molecule has 0 aliphatic carbocycles. The number of piperidine rings is 1. The minimum atomic E-state index is -2.75. The first-order valence-electron chi connectivity index (χ1n) is 11.8. The Morgan fingerprint density at radius 2 is 1.97 bits per heavy atom.